The second-order valence-electron chi connectivity index (χ2n) is 4.47. The number of nitrogens with zero attached hydrogens (tertiary/aromatic N) is 4. The summed E-state index contributed by atoms with van der Waals surface area (Å²) in [6.45, 7) is 1.24. The van der Waals surface area contributed by atoms with E-state index in [1.54, 1.807) is 18.6 Å². The molecule has 106 valence electrons. The minimum atomic E-state index is -1.10. The number of hydrogen-bond acceptors (Lipinski definition) is 5. The van der Waals surface area contributed by atoms with Crippen LogP contribution in [0, 0.1) is 0 Å². The number of carbonyl (C=O) groups is 1. The standard InChI is InChI=1S/C14H13N5O2/c20-14(21)13-12(16-6-8-19-7-5-15-9-19)10-3-1-2-4-11(10)17-18-13/h1-5,7,9H,6,8H2,(H,16,17)(H,20,21). The quantitative estimate of drug-likeness (QED) is 0.739. The Morgan fingerprint density at radius 1 is 1.29 bits per heavy atom. The Labute approximate surface area is 120 Å². The zero-order chi connectivity index (χ0) is 14.7. The van der Waals surface area contributed by atoms with Crippen LogP contribution in [0.15, 0.2) is 43.0 Å². The van der Waals surface area contributed by atoms with Crippen molar-refractivity contribution in [2.24, 2.45) is 0 Å². The Morgan fingerprint density at radius 3 is 2.90 bits per heavy atom. The largest absolute Gasteiger partial charge is 0.476 e. The van der Waals surface area contributed by atoms with E-state index in [2.05, 4.69) is 20.5 Å². The predicted octanol–water partition coefficient (Wildman–Crippen LogP) is 1.64. The third-order valence-corrected chi connectivity index (χ3v) is 3.10. The molecule has 0 saturated heterocycles. The molecule has 1 aromatic carbocycles. The van der Waals surface area contributed by atoms with E-state index in [-0.39, 0.29) is 5.69 Å². The third-order valence-electron chi connectivity index (χ3n) is 3.10. The molecule has 0 saturated carbocycles. The van der Waals surface area contributed by atoms with Crippen molar-refractivity contribution in [3.8, 4) is 0 Å². The van der Waals surface area contributed by atoms with Crippen molar-refractivity contribution in [2.45, 2.75) is 6.54 Å². The van der Waals surface area contributed by atoms with Crippen LogP contribution in [0.3, 0.4) is 0 Å². The Morgan fingerprint density at radius 2 is 2.14 bits per heavy atom. The van der Waals surface area contributed by atoms with Gasteiger partial charge in [-0.05, 0) is 6.07 Å². The summed E-state index contributed by atoms with van der Waals surface area (Å²) in [4.78, 5) is 15.3. The van der Waals surface area contributed by atoms with Gasteiger partial charge in [-0.15, -0.1) is 10.2 Å². The fourth-order valence-electron chi connectivity index (χ4n) is 2.11. The molecule has 0 unspecified atom stereocenters. The van der Waals surface area contributed by atoms with E-state index < -0.39 is 5.97 Å². The number of hydrogen-bond donors (Lipinski definition) is 2. The number of nitrogens with one attached hydrogen (secondary N) is 1. The molecule has 0 aliphatic rings. The van der Waals surface area contributed by atoms with E-state index in [1.807, 2.05) is 29.0 Å². The van der Waals surface area contributed by atoms with Crippen molar-refractivity contribution in [2.75, 3.05) is 11.9 Å². The van der Waals surface area contributed by atoms with E-state index in [0.29, 0.717) is 24.3 Å². The first-order valence-corrected chi connectivity index (χ1v) is 6.44. The molecule has 21 heavy (non-hydrogen) atoms. The minimum absolute atomic E-state index is 0.0701. The highest BCUT2D eigenvalue weighted by Crippen LogP contribution is 2.24. The van der Waals surface area contributed by atoms with Crippen molar-refractivity contribution in [3.05, 3.63) is 48.7 Å². The van der Waals surface area contributed by atoms with Crippen molar-refractivity contribution < 1.29 is 9.90 Å². The summed E-state index contributed by atoms with van der Waals surface area (Å²) in [5, 5.41) is 20.9. The summed E-state index contributed by atoms with van der Waals surface area (Å²) in [6.07, 6.45) is 5.26. The summed E-state index contributed by atoms with van der Waals surface area (Å²) >= 11 is 0. The van der Waals surface area contributed by atoms with Gasteiger partial charge in [0, 0.05) is 30.9 Å². The van der Waals surface area contributed by atoms with Crippen molar-refractivity contribution in [3.63, 3.8) is 0 Å². The monoisotopic (exact) mass is 283 g/mol. The van der Waals surface area contributed by atoms with Gasteiger partial charge in [-0.3, -0.25) is 0 Å². The van der Waals surface area contributed by atoms with Crippen LogP contribution < -0.4 is 5.32 Å². The average molecular weight is 283 g/mol. The molecule has 0 aliphatic heterocycles. The molecule has 7 heteroatoms. The van der Waals surface area contributed by atoms with Gasteiger partial charge in [-0.1, -0.05) is 18.2 Å². The first-order chi connectivity index (χ1) is 10.3. The lowest BCUT2D eigenvalue weighted by Crippen LogP contribution is -2.14. The molecule has 2 heterocycles. The van der Waals surface area contributed by atoms with Crippen LogP contribution in [-0.4, -0.2) is 37.4 Å². The summed E-state index contributed by atoms with van der Waals surface area (Å²) in [5.74, 6) is -1.10. The molecule has 0 bridgehead atoms. The lowest BCUT2D eigenvalue weighted by molar-refractivity contribution is 0.0690. The van der Waals surface area contributed by atoms with Crippen LogP contribution in [-0.2, 0) is 6.54 Å². The topological polar surface area (TPSA) is 92.9 Å². The number of aromatic nitrogens is 4. The summed E-state index contributed by atoms with van der Waals surface area (Å²) in [5.41, 5.74) is 1.08. The predicted molar refractivity (Wildman–Crippen MR) is 77.2 cm³/mol. The van der Waals surface area contributed by atoms with Gasteiger partial charge < -0.3 is 15.0 Å². The highest BCUT2D eigenvalue weighted by molar-refractivity contribution is 6.02. The van der Waals surface area contributed by atoms with E-state index in [0.717, 1.165) is 5.39 Å². The minimum Gasteiger partial charge on any atom is -0.476 e. The van der Waals surface area contributed by atoms with Crippen LogP contribution in [0.5, 0.6) is 0 Å². The number of rotatable bonds is 5. The van der Waals surface area contributed by atoms with Crippen LogP contribution in [0.4, 0.5) is 5.69 Å². The zero-order valence-corrected chi connectivity index (χ0v) is 11.1. The van der Waals surface area contributed by atoms with Crippen molar-refractivity contribution in [1.82, 2.24) is 19.7 Å². The smallest absolute Gasteiger partial charge is 0.358 e. The molecule has 3 rings (SSSR count). The zero-order valence-electron chi connectivity index (χ0n) is 11.1. The summed E-state index contributed by atoms with van der Waals surface area (Å²) in [7, 11) is 0. The Kier molecular flexibility index (Phi) is 3.46. The number of carboxylic acid groups (broad SMARTS) is 1. The Hall–Kier alpha value is -2.96. The molecule has 2 N–H and O–H groups in total. The van der Waals surface area contributed by atoms with Crippen LogP contribution in [0.25, 0.3) is 10.9 Å². The molecule has 0 amide bonds. The second-order valence-corrected chi connectivity index (χ2v) is 4.47. The Balaban J connectivity index is 1.90. The number of imidazole rings is 1. The number of aromatic carboxylic acids is 1. The molecule has 2 aromatic heterocycles. The molecule has 0 spiro atoms. The first kappa shape index (κ1) is 13.0. The van der Waals surface area contributed by atoms with Crippen LogP contribution >= 0.6 is 0 Å². The lowest BCUT2D eigenvalue weighted by Gasteiger charge is -2.11. The number of fused-ring (bicyclic) bond motifs is 1. The van der Waals surface area contributed by atoms with E-state index >= 15 is 0 Å². The highest BCUT2D eigenvalue weighted by Gasteiger charge is 2.16. The van der Waals surface area contributed by atoms with Crippen molar-refractivity contribution in [1.29, 1.82) is 0 Å². The van der Waals surface area contributed by atoms with Crippen LogP contribution in [0.2, 0.25) is 0 Å². The molecular formula is C14H13N5O2. The maximum absolute atomic E-state index is 11.3. The van der Waals surface area contributed by atoms with E-state index in [4.69, 9.17) is 0 Å². The van der Waals surface area contributed by atoms with Gasteiger partial charge in [0.05, 0.1) is 17.5 Å². The SMILES string of the molecule is O=C(O)c1nnc2ccccc2c1NCCn1ccnc1. The normalized spacial score (nSPS) is 10.7. The maximum Gasteiger partial charge on any atom is 0.358 e. The van der Waals surface area contributed by atoms with Gasteiger partial charge >= 0.3 is 5.97 Å². The fourth-order valence-corrected chi connectivity index (χ4v) is 2.11. The summed E-state index contributed by atoms with van der Waals surface area (Å²) in [6, 6.07) is 7.31. The third kappa shape index (κ3) is 2.66. The highest BCUT2D eigenvalue weighted by atomic mass is 16.4. The van der Waals surface area contributed by atoms with Gasteiger partial charge in [-0.2, -0.15) is 0 Å². The molecular weight excluding hydrogens is 270 g/mol. The van der Waals surface area contributed by atoms with Crippen LogP contribution in [0.1, 0.15) is 10.5 Å². The molecule has 0 aliphatic carbocycles. The molecule has 0 radical (unpaired) electrons. The number of benzene rings is 1. The Bertz CT molecular complexity index is 770. The second kappa shape index (κ2) is 5.58. The van der Waals surface area contributed by atoms with Gasteiger partial charge in [0.2, 0.25) is 0 Å². The molecule has 0 fully saturated rings. The maximum atomic E-state index is 11.3. The first-order valence-electron chi connectivity index (χ1n) is 6.44. The fraction of sp³-hybridized carbons (Fsp3) is 0.143. The van der Waals surface area contributed by atoms with Gasteiger partial charge in [0.1, 0.15) is 0 Å². The average Bonchev–Trinajstić information content (AvgIpc) is 3.00. The van der Waals surface area contributed by atoms with E-state index in [9.17, 15) is 9.90 Å². The molecule has 0 atom stereocenters. The van der Waals surface area contributed by atoms with Gasteiger partial charge in [-0.25, -0.2) is 9.78 Å². The number of carboxylic acids is 1. The van der Waals surface area contributed by atoms with E-state index in [1.165, 1.54) is 0 Å². The molecule has 3 aromatic rings. The summed E-state index contributed by atoms with van der Waals surface area (Å²) < 4.78 is 1.91. The molecule has 7 nitrogen and oxygen atoms in total. The number of anilines is 1. The van der Waals surface area contributed by atoms with Crippen molar-refractivity contribution >= 4 is 22.6 Å². The van der Waals surface area contributed by atoms with Gasteiger partial charge in [0.25, 0.3) is 0 Å². The lowest BCUT2D eigenvalue weighted by atomic mass is 10.1. The van der Waals surface area contributed by atoms with Gasteiger partial charge in [0.15, 0.2) is 5.69 Å².